The Morgan fingerprint density at radius 3 is 2.81 bits per heavy atom. The molecule has 0 saturated heterocycles. The van der Waals surface area contributed by atoms with Crippen LogP contribution in [0.1, 0.15) is 18.8 Å². The Bertz CT molecular complexity index is 747. The number of urea groups is 1. The van der Waals surface area contributed by atoms with Crippen LogP contribution in [0.15, 0.2) is 54.9 Å². The van der Waals surface area contributed by atoms with Crippen molar-refractivity contribution in [1.82, 2.24) is 15.3 Å². The zero-order valence-electron chi connectivity index (χ0n) is 11.6. The summed E-state index contributed by atoms with van der Waals surface area (Å²) in [5.41, 5.74) is 0.789. The van der Waals surface area contributed by atoms with Gasteiger partial charge in [0, 0.05) is 17.8 Å². The zero-order valence-corrected chi connectivity index (χ0v) is 11.6. The van der Waals surface area contributed by atoms with Gasteiger partial charge in [0.15, 0.2) is 0 Å². The number of rotatable bonds is 3. The van der Waals surface area contributed by atoms with Crippen molar-refractivity contribution in [1.29, 1.82) is 0 Å². The number of benzene rings is 2. The number of hydrogen-bond donors (Lipinski definition) is 3. The fourth-order valence-corrected chi connectivity index (χ4v) is 2.27. The zero-order chi connectivity index (χ0) is 14.7. The predicted molar refractivity (Wildman–Crippen MR) is 83.1 cm³/mol. The van der Waals surface area contributed by atoms with Crippen LogP contribution in [0.2, 0.25) is 0 Å². The summed E-state index contributed by atoms with van der Waals surface area (Å²) < 4.78 is 0. The summed E-state index contributed by atoms with van der Waals surface area (Å²) in [4.78, 5) is 19.2. The van der Waals surface area contributed by atoms with Gasteiger partial charge in [-0.15, -0.1) is 0 Å². The van der Waals surface area contributed by atoms with Gasteiger partial charge in [0.2, 0.25) is 0 Å². The van der Waals surface area contributed by atoms with Crippen molar-refractivity contribution < 1.29 is 4.79 Å². The van der Waals surface area contributed by atoms with Crippen molar-refractivity contribution in [3.63, 3.8) is 0 Å². The van der Waals surface area contributed by atoms with Crippen LogP contribution in [-0.4, -0.2) is 16.0 Å². The standard InChI is InChI=1S/C16H16N4O/c1-11(15-17-9-10-18-15)19-16(21)20-14-8-4-6-12-5-2-3-7-13(12)14/h2-11H,1H3,(H,17,18)(H2,19,20,21). The highest BCUT2D eigenvalue weighted by Gasteiger charge is 2.12. The number of aromatic nitrogens is 2. The molecule has 0 aliphatic heterocycles. The molecule has 0 fully saturated rings. The molecule has 2 amide bonds. The maximum atomic E-state index is 12.1. The third-order valence-electron chi connectivity index (χ3n) is 3.31. The molecule has 3 aromatic rings. The molecule has 5 heteroatoms. The van der Waals surface area contributed by atoms with Gasteiger partial charge in [0.25, 0.3) is 0 Å². The number of H-pyrrole nitrogens is 1. The van der Waals surface area contributed by atoms with Crippen molar-refractivity contribution in [3.8, 4) is 0 Å². The number of fused-ring (bicyclic) bond motifs is 1. The lowest BCUT2D eigenvalue weighted by Gasteiger charge is -2.13. The highest BCUT2D eigenvalue weighted by molar-refractivity contribution is 6.01. The fraction of sp³-hybridized carbons (Fsp3) is 0.125. The average molecular weight is 280 g/mol. The molecular formula is C16H16N4O. The van der Waals surface area contributed by atoms with Crippen molar-refractivity contribution >= 4 is 22.5 Å². The minimum Gasteiger partial charge on any atom is -0.347 e. The van der Waals surface area contributed by atoms with E-state index in [2.05, 4.69) is 20.6 Å². The van der Waals surface area contributed by atoms with Gasteiger partial charge in [0.05, 0.1) is 11.7 Å². The van der Waals surface area contributed by atoms with E-state index < -0.39 is 0 Å². The molecule has 21 heavy (non-hydrogen) atoms. The molecule has 106 valence electrons. The summed E-state index contributed by atoms with van der Waals surface area (Å²) in [7, 11) is 0. The number of imidazole rings is 1. The second-order valence-corrected chi connectivity index (χ2v) is 4.82. The number of aromatic amines is 1. The van der Waals surface area contributed by atoms with E-state index in [4.69, 9.17) is 0 Å². The maximum absolute atomic E-state index is 12.1. The van der Waals surface area contributed by atoms with Gasteiger partial charge in [-0.3, -0.25) is 0 Å². The molecule has 1 atom stereocenters. The minimum atomic E-state index is -0.254. The Balaban J connectivity index is 1.75. The van der Waals surface area contributed by atoms with Crippen LogP contribution in [0.4, 0.5) is 10.5 Å². The van der Waals surface area contributed by atoms with Gasteiger partial charge < -0.3 is 15.6 Å². The fourth-order valence-electron chi connectivity index (χ4n) is 2.27. The first-order valence-corrected chi connectivity index (χ1v) is 6.78. The number of amides is 2. The summed E-state index contributed by atoms with van der Waals surface area (Å²) in [5, 5.41) is 7.84. The summed E-state index contributed by atoms with van der Waals surface area (Å²) in [6, 6.07) is 13.3. The quantitative estimate of drug-likeness (QED) is 0.687. The second-order valence-electron chi connectivity index (χ2n) is 4.82. The molecule has 0 spiro atoms. The van der Waals surface area contributed by atoms with E-state index in [1.807, 2.05) is 49.4 Å². The molecule has 3 N–H and O–H groups in total. The lowest BCUT2D eigenvalue weighted by atomic mass is 10.1. The van der Waals surface area contributed by atoms with E-state index in [1.54, 1.807) is 12.4 Å². The second kappa shape index (κ2) is 5.66. The number of carbonyl (C=O) groups excluding carboxylic acids is 1. The highest BCUT2D eigenvalue weighted by Crippen LogP contribution is 2.22. The molecule has 1 heterocycles. The Morgan fingerprint density at radius 1 is 1.19 bits per heavy atom. The van der Waals surface area contributed by atoms with Gasteiger partial charge in [0.1, 0.15) is 5.82 Å². The molecule has 5 nitrogen and oxygen atoms in total. The summed E-state index contributed by atoms with van der Waals surface area (Å²) in [6.45, 7) is 1.88. The molecule has 0 aliphatic carbocycles. The minimum absolute atomic E-state index is 0.185. The summed E-state index contributed by atoms with van der Waals surface area (Å²) in [5.74, 6) is 0.725. The van der Waals surface area contributed by atoms with Gasteiger partial charge in [-0.1, -0.05) is 36.4 Å². The molecule has 0 saturated carbocycles. The smallest absolute Gasteiger partial charge is 0.319 e. The first-order chi connectivity index (χ1) is 10.2. The Labute approximate surface area is 122 Å². The van der Waals surface area contributed by atoms with Gasteiger partial charge in [-0.05, 0) is 18.4 Å². The molecule has 1 unspecified atom stereocenters. The van der Waals surface area contributed by atoms with E-state index >= 15 is 0 Å². The number of anilines is 1. The number of nitrogens with zero attached hydrogens (tertiary/aromatic N) is 1. The molecular weight excluding hydrogens is 264 g/mol. The van der Waals surface area contributed by atoms with Crippen LogP contribution in [0.5, 0.6) is 0 Å². The van der Waals surface area contributed by atoms with Gasteiger partial charge in [-0.2, -0.15) is 0 Å². The van der Waals surface area contributed by atoms with E-state index in [0.29, 0.717) is 0 Å². The number of hydrogen-bond acceptors (Lipinski definition) is 2. The van der Waals surface area contributed by atoms with Crippen LogP contribution in [0.3, 0.4) is 0 Å². The highest BCUT2D eigenvalue weighted by atomic mass is 16.2. The molecule has 0 radical (unpaired) electrons. The molecule has 2 aromatic carbocycles. The normalized spacial score (nSPS) is 12.0. The van der Waals surface area contributed by atoms with E-state index in [9.17, 15) is 4.79 Å². The SMILES string of the molecule is CC(NC(=O)Nc1cccc2ccccc12)c1ncc[nH]1. The average Bonchev–Trinajstić information content (AvgIpc) is 3.02. The van der Waals surface area contributed by atoms with Crippen molar-refractivity contribution in [3.05, 3.63) is 60.7 Å². The van der Waals surface area contributed by atoms with Crippen LogP contribution in [0.25, 0.3) is 10.8 Å². The molecule has 0 bridgehead atoms. The van der Waals surface area contributed by atoms with Crippen LogP contribution >= 0.6 is 0 Å². The van der Waals surface area contributed by atoms with E-state index in [1.165, 1.54) is 0 Å². The maximum Gasteiger partial charge on any atom is 0.319 e. The lowest BCUT2D eigenvalue weighted by Crippen LogP contribution is -2.31. The monoisotopic (exact) mass is 280 g/mol. The molecule has 0 aliphatic rings. The van der Waals surface area contributed by atoms with Crippen molar-refractivity contribution in [2.75, 3.05) is 5.32 Å². The third-order valence-corrected chi connectivity index (χ3v) is 3.31. The summed E-state index contributed by atoms with van der Waals surface area (Å²) in [6.07, 6.45) is 3.40. The molecule has 1 aromatic heterocycles. The first-order valence-electron chi connectivity index (χ1n) is 6.78. The van der Waals surface area contributed by atoms with Crippen LogP contribution in [-0.2, 0) is 0 Å². The van der Waals surface area contributed by atoms with Crippen molar-refractivity contribution in [2.45, 2.75) is 13.0 Å². The first kappa shape index (κ1) is 13.2. The summed E-state index contributed by atoms with van der Waals surface area (Å²) >= 11 is 0. The van der Waals surface area contributed by atoms with E-state index in [0.717, 1.165) is 22.3 Å². The Morgan fingerprint density at radius 2 is 2.00 bits per heavy atom. The van der Waals surface area contributed by atoms with Crippen molar-refractivity contribution in [2.24, 2.45) is 0 Å². The van der Waals surface area contributed by atoms with Gasteiger partial charge in [-0.25, -0.2) is 9.78 Å². The predicted octanol–water partition coefficient (Wildman–Crippen LogP) is 3.45. The number of carbonyl (C=O) groups is 1. The Hall–Kier alpha value is -2.82. The van der Waals surface area contributed by atoms with E-state index in [-0.39, 0.29) is 12.1 Å². The third kappa shape index (κ3) is 2.86. The van der Waals surface area contributed by atoms with Crippen LogP contribution < -0.4 is 10.6 Å². The van der Waals surface area contributed by atoms with Gasteiger partial charge >= 0.3 is 6.03 Å². The van der Waals surface area contributed by atoms with Crippen LogP contribution in [0, 0.1) is 0 Å². The lowest BCUT2D eigenvalue weighted by molar-refractivity contribution is 0.249. The largest absolute Gasteiger partial charge is 0.347 e. The topological polar surface area (TPSA) is 69.8 Å². The number of nitrogens with one attached hydrogen (secondary N) is 3. The molecule has 3 rings (SSSR count). The Kier molecular flexibility index (Phi) is 3.55.